The number of hydrogen-bond acceptors (Lipinski definition) is 6. The van der Waals surface area contributed by atoms with Crippen LogP contribution in [0.2, 0.25) is 0 Å². The predicted octanol–water partition coefficient (Wildman–Crippen LogP) is 3.06. The van der Waals surface area contributed by atoms with Gasteiger partial charge < -0.3 is 13.8 Å². The molecule has 0 aromatic carbocycles. The molecule has 0 atom stereocenters. The number of pyridine rings is 2. The van der Waals surface area contributed by atoms with E-state index in [4.69, 9.17) is 9.51 Å². The highest BCUT2D eigenvalue weighted by Gasteiger charge is 2.26. The number of imidazole rings is 1. The number of piperazine rings is 1. The Balaban J connectivity index is 1.32. The van der Waals surface area contributed by atoms with Crippen LogP contribution in [0, 0.1) is 27.7 Å². The molecule has 0 N–H and O–H groups in total. The first-order valence-electron chi connectivity index (χ1n) is 10.6. The molecule has 1 saturated heterocycles. The summed E-state index contributed by atoms with van der Waals surface area (Å²) in [4.78, 5) is 26.7. The quantitative estimate of drug-likeness (QED) is 0.509. The molecular weight excluding hydrogens is 392 g/mol. The molecule has 160 valence electrons. The van der Waals surface area contributed by atoms with Crippen LogP contribution in [0.25, 0.3) is 16.7 Å². The summed E-state index contributed by atoms with van der Waals surface area (Å²) in [5.41, 5.74) is 6.97. The number of rotatable bonds is 3. The van der Waals surface area contributed by atoms with Crippen LogP contribution in [0.1, 0.15) is 38.7 Å². The Morgan fingerprint density at radius 1 is 1.03 bits per heavy atom. The van der Waals surface area contributed by atoms with Gasteiger partial charge in [-0.25, -0.2) is 9.97 Å². The molecular formula is C23H26N6O2. The molecule has 5 heterocycles. The first kappa shape index (κ1) is 19.7. The fraction of sp³-hybridized carbons (Fsp3) is 0.391. The van der Waals surface area contributed by atoms with Gasteiger partial charge in [-0.2, -0.15) is 0 Å². The predicted molar refractivity (Wildman–Crippen MR) is 117 cm³/mol. The van der Waals surface area contributed by atoms with E-state index in [0.29, 0.717) is 30.1 Å². The van der Waals surface area contributed by atoms with Crippen LogP contribution in [0.4, 0.5) is 0 Å². The maximum absolute atomic E-state index is 13.3. The molecule has 1 aliphatic heterocycles. The monoisotopic (exact) mass is 418 g/mol. The lowest BCUT2D eigenvalue weighted by Crippen LogP contribution is -2.48. The molecule has 8 nitrogen and oxygen atoms in total. The second-order valence-corrected chi connectivity index (χ2v) is 8.40. The van der Waals surface area contributed by atoms with Crippen molar-refractivity contribution in [2.24, 2.45) is 0 Å². The van der Waals surface area contributed by atoms with Crippen LogP contribution in [0.3, 0.4) is 0 Å². The zero-order valence-corrected chi connectivity index (χ0v) is 18.3. The molecule has 0 saturated carbocycles. The number of nitrogens with zero attached hydrogens (tertiary/aromatic N) is 6. The average Bonchev–Trinajstić information content (AvgIpc) is 3.26. The van der Waals surface area contributed by atoms with E-state index in [-0.39, 0.29) is 5.91 Å². The van der Waals surface area contributed by atoms with E-state index in [2.05, 4.69) is 51.6 Å². The second-order valence-electron chi connectivity index (χ2n) is 8.40. The fourth-order valence-electron chi connectivity index (χ4n) is 4.38. The van der Waals surface area contributed by atoms with E-state index in [1.54, 1.807) is 0 Å². The smallest absolute Gasteiger partial charge is 0.258 e. The zero-order valence-electron chi connectivity index (χ0n) is 18.3. The van der Waals surface area contributed by atoms with Gasteiger partial charge in [-0.3, -0.25) is 9.69 Å². The Bertz CT molecular complexity index is 1300. The van der Waals surface area contributed by atoms with Crippen molar-refractivity contribution >= 4 is 22.7 Å². The lowest BCUT2D eigenvalue weighted by molar-refractivity contribution is 0.0628. The maximum Gasteiger partial charge on any atom is 0.258 e. The first-order valence-corrected chi connectivity index (χ1v) is 10.6. The van der Waals surface area contributed by atoms with Crippen molar-refractivity contribution in [2.45, 2.75) is 34.2 Å². The third-order valence-electron chi connectivity index (χ3n) is 6.09. The van der Waals surface area contributed by atoms with Crippen molar-refractivity contribution in [2.75, 3.05) is 26.2 Å². The van der Waals surface area contributed by atoms with Crippen LogP contribution in [-0.2, 0) is 6.54 Å². The Labute approximate surface area is 180 Å². The number of carbonyl (C=O) groups is 1. The standard InChI is InChI=1S/C23H26N6O2/c1-14-5-6-29-19(16(3)25-20(29)11-14)13-27-7-9-28(10-8-27)23(30)18-12-15(2)24-22-21(18)17(4)26-31-22/h5-6,11-12H,7-10,13H2,1-4H3. The molecule has 1 amide bonds. The van der Waals surface area contributed by atoms with Gasteiger partial charge in [0.2, 0.25) is 0 Å². The lowest BCUT2D eigenvalue weighted by Gasteiger charge is -2.34. The first-order chi connectivity index (χ1) is 14.9. The summed E-state index contributed by atoms with van der Waals surface area (Å²) in [5.74, 6) is 0.0166. The van der Waals surface area contributed by atoms with Crippen LogP contribution >= 0.6 is 0 Å². The van der Waals surface area contributed by atoms with Crippen LogP contribution in [-0.4, -0.2) is 61.4 Å². The number of fused-ring (bicyclic) bond motifs is 2. The van der Waals surface area contributed by atoms with E-state index in [9.17, 15) is 4.79 Å². The van der Waals surface area contributed by atoms with E-state index in [0.717, 1.165) is 42.1 Å². The Morgan fingerprint density at radius 3 is 2.58 bits per heavy atom. The molecule has 0 spiro atoms. The normalized spacial score (nSPS) is 15.3. The van der Waals surface area contributed by atoms with E-state index >= 15 is 0 Å². The third kappa shape index (κ3) is 3.46. The van der Waals surface area contributed by atoms with E-state index in [1.165, 1.54) is 11.3 Å². The summed E-state index contributed by atoms with van der Waals surface area (Å²) in [5, 5.41) is 4.71. The van der Waals surface area contributed by atoms with Gasteiger partial charge in [0.05, 0.1) is 28.0 Å². The summed E-state index contributed by atoms with van der Waals surface area (Å²) in [6.07, 6.45) is 2.10. The van der Waals surface area contributed by atoms with Gasteiger partial charge in [0.15, 0.2) is 0 Å². The minimum Gasteiger partial charge on any atom is -0.336 e. The molecule has 4 aromatic rings. The zero-order chi connectivity index (χ0) is 21.7. The van der Waals surface area contributed by atoms with Gasteiger partial charge in [-0.1, -0.05) is 5.16 Å². The summed E-state index contributed by atoms with van der Waals surface area (Å²) < 4.78 is 7.46. The van der Waals surface area contributed by atoms with Gasteiger partial charge >= 0.3 is 0 Å². The molecule has 4 aromatic heterocycles. The number of hydrogen-bond donors (Lipinski definition) is 0. The van der Waals surface area contributed by atoms with Gasteiger partial charge in [0.25, 0.3) is 11.6 Å². The highest BCUT2D eigenvalue weighted by Crippen LogP contribution is 2.24. The SMILES string of the molecule is Cc1ccn2c(CN3CCN(C(=O)c4cc(C)nc5onc(C)c45)CC3)c(C)nc2c1. The number of amides is 1. The molecule has 0 radical (unpaired) electrons. The Kier molecular flexibility index (Phi) is 4.74. The third-order valence-corrected chi connectivity index (χ3v) is 6.09. The average molecular weight is 419 g/mol. The number of aromatic nitrogens is 4. The minimum absolute atomic E-state index is 0.0166. The van der Waals surface area contributed by atoms with Crippen LogP contribution in [0.15, 0.2) is 28.9 Å². The molecule has 8 heteroatoms. The Morgan fingerprint density at radius 2 is 1.81 bits per heavy atom. The second kappa shape index (κ2) is 7.46. The van der Waals surface area contributed by atoms with Gasteiger partial charge in [-0.15, -0.1) is 0 Å². The van der Waals surface area contributed by atoms with Gasteiger partial charge in [0.1, 0.15) is 5.65 Å². The van der Waals surface area contributed by atoms with E-state index in [1.807, 2.05) is 24.8 Å². The van der Waals surface area contributed by atoms with Crippen molar-refractivity contribution in [1.29, 1.82) is 0 Å². The summed E-state index contributed by atoms with van der Waals surface area (Å²) >= 11 is 0. The largest absolute Gasteiger partial charge is 0.336 e. The molecule has 0 bridgehead atoms. The Hall–Kier alpha value is -3.26. The molecule has 31 heavy (non-hydrogen) atoms. The molecule has 5 rings (SSSR count). The molecule has 0 unspecified atom stereocenters. The van der Waals surface area contributed by atoms with Crippen molar-refractivity contribution in [1.82, 2.24) is 29.3 Å². The highest BCUT2D eigenvalue weighted by molar-refractivity contribution is 6.06. The summed E-state index contributed by atoms with van der Waals surface area (Å²) in [6, 6.07) is 6.06. The number of aryl methyl sites for hydroxylation is 4. The van der Waals surface area contributed by atoms with Crippen molar-refractivity contribution in [3.05, 3.63) is 58.3 Å². The summed E-state index contributed by atoms with van der Waals surface area (Å²) in [7, 11) is 0. The highest BCUT2D eigenvalue weighted by atomic mass is 16.5. The fourth-order valence-corrected chi connectivity index (χ4v) is 4.38. The minimum atomic E-state index is 0.0166. The number of carbonyl (C=O) groups excluding carboxylic acids is 1. The van der Waals surface area contributed by atoms with E-state index < -0.39 is 0 Å². The lowest BCUT2D eigenvalue weighted by atomic mass is 10.1. The van der Waals surface area contributed by atoms with Crippen LogP contribution in [0.5, 0.6) is 0 Å². The van der Waals surface area contributed by atoms with Gasteiger partial charge in [0, 0.05) is 44.6 Å². The molecule has 0 aliphatic carbocycles. The van der Waals surface area contributed by atoms with Crippen molar-refractivity contribution < 1.29 is 9.32 Å². The molecule has 1 fully saturated rings. The van der Waals surface area contributed by atoms with Crippen molar-refractivity contribution in [3.8, 4) is 0 Å². The van der Waals surface area contributed by atoms with Gasteiger partial charge in [-0.05, 0) is 51.5 Å². The molecule has 1 aliphatic rings. The maximum atomic E-state index is 13.3. The topological polar surface area (TPSA) is 79.8 Å². The summed E-state index contributed by atoms with van der Waals surface area (Å²) in [6.45, 7) is 11.7. The van der Waals surface area contributed by atoms with Crippen molar-refractivity contribution in [3.63, 3.8) is 0 Å². The van der Waals surface area contributed by atoms with Crippen LogP contribution < -0.4 is 0 Å².